The van der Waals surface area contributed by atoms with Crippen molar-refractivity contribution in [2.75, 3.05) is 17.7 Å². The summed E-state index contributed by atoms with van der Waals surface area (Å²) in [6.45, 7) is 0. The molecule has 2 aliphatic heterocycles. The zero-order chi connectivity index (χ0) is 14.4. The fourth-order valence-corrected chi connectivity index (χ4v) is 3.39. The third kappa shape index (κ3) is 2.85. The Kier molecular flexibility index (Phi) is 4.14. The number of benzene rings is 1. The van der Waals surface area contributed by atoms with Gasteiger partial charge < -0.3 is 4.90 Å². The first-order chi connectivity index (χ1) is 10.2. The molecule has 5 nitrogen and oxygen atoms in total. The van der Waals surface area contributed by atoms with Crippen molar-refractivity contribution in [1.29, 1.82) is 0 Å². The standard InChI is InChI=1S/C15H16N4OS.ClH/c1-19-13-5-2-9(6-10(13)7-14(19)20)12-8-21-15(18-17-12)16-11-3-4-11;/h2,5-6,11H,3-4,7-8H2,1H3,(H,16,18);1H. The van der Waals surface area contributed by atoms with Crippen LogP contribution in [0.1, 0.15) is 24.0 Å². The fraction of sp³-hybridized carbons (Fsp3) is 0.400. The SMILES string of the molecule is CN1C(=O)Cc2cc(C3=NNC(=NC4CC4)SC3)ccc21.Cl. The van der Waals surface area contributed by atoms with E-state index in [2.05, 4.69) is 21.6 Å². The highest BCUT2D eigenvalue weighted by Crippen LogP contribution is 2.29. The van der Waals surface area contributed by atoms with E-state index in [-0.39, 0.29) is 18.3 Å². The number of carbonyl (C=O) groups excluding carboxylic acids is 1. The second-order valence-corrected chi connectivity index (χ2v) is 6.56. The van der Waals surface area contributed by atoms with Crippen molar-refractivity contribution in [3.05, 3.63) is 29.3 Å². The second kappa shape index (κ2) is 5.93. The Bertz CT molecular complexity index is 684. The third-order valence-corrected chi connectivity index (χ3v) is 4.86. The molecule has 0 saturated heterocycles. The van der Waals surface area contributed by atoms with E-state index in [4.69, 9.17) is 0 Å². The van der Waals surface area contributed by atoms with Gasteiger partial charge in [-0.15, -0.1) is 12.4 Å². The molecule has 4 rings (SSSR count). The van der Waals surface area contributed by atoms with Crippen molar-refractivity contribution < 1.29 is 4.79 Å². The number of amides is 1. The minimum atomic E-state index is 0. The summed E-state index contributed by atoms with van der Waals surface area (Å²) in [6.07, 6.45) is 2.89. The van der Waals surface area contributed by atoms with Gasteiger partial charge in [-0.3, -0.25) is 15.2 Å². The molecule has 0 atom stereocenters. The summed E-state index contributed by atoms with van der Waals surface area (Å²) in [5, 5.41) is 5.37. The van der Waals surface area contributed by atoms with Crippen molar-refractivity contribution in [3.63, 3.8) is 0 Å². The van der Waals surface area contributed by atoms with Crippen LogP contribution in [0.25, 0.3) is 0 Å². The molecular weight excluding hydrogens is 320 g/mol. The third-order valence-electron chi connectivity index (χ3n) is 3.97. The van der Waals surface area contributed by atoms with E-state index in [1.165, 1.54) is 12.8 Å². The summed E-state index contributed by atoms with van der Waals surface area (Å²) < 4.78 is 0. The summed E-state index contributed by atoms with van der Waals surface area (Å²) in [7, 11) is 1.82. The molecule has 1 saturated carbocycles. The van der Waals surface area contributed by atoms with Crippen LogP contribution in [-0.4, -0.2) is 35.6 Å². The topological polar surface area (TPSA) is 57.1 Å². The molecule has 7 heteroatoms. The van der Waals surface area contributed by atoms with Crippen LogP contribution < -0.4 is 10.3 Å². The number of aliphatic imine (C=N–C) groups is 1. The molecule has 2 heterocycles. The van der Waals surface area contributed by atoms with Crippen LogP contribution in [0, 0.1) is 0 Å². The predicted octanol–water partition coefficient (Wildman–Crippen LogP) is 2.19. The van der Waals surface area contributed by atoms with Crippen LogP contribution in [0.5, 0.6) is 0 Å². The van der Waals surface area contributed by atoms with Crippen LogP contribution in [0.3, 0.4) is 0 Å². The number of hydrogen-bond donors (Lipinski definition) is 1. The van der Waals surface area contributed by atoms with Crippen LogP contribution in [0.4, 0.5) is 5.69 Å². The van der Waals surface area contributed by atoms with E-state index >= 15 is 0 Å². The number of likely N-dealkylation sites (N-methyl/N-ethyl adjacent to an activating group) is 1. The molecule has 0 radical (unpaired) electrons. The molecule has 22 heavy (non-hydrogen) atoms. The minimum absolute atomic E-state index is 0. The molecule has 1 aliphatic carbocycles. The first-order valence-corrected chi connectivity index (χ1v) is 8.12. The summed E-state index contributed by atoms with van der Waals surface area (Å²) in [5.74, 6) is 0.972. The van der Waals surface area contributed by atoms with Gasteiger partial charge in [0.05, 0.1) is 18.2 Å². The second-order valence-electron chi connectivity index (χ2n) is 5.60. The van der Waals surface area contributed by atoms with Crippen LogP contribution in [0.2, 0.25) is 0 Å². The van der Waals surface area contributed by atoms with Gasteiger partial charge in [0.15, 0.2) is 5.17 Å². The lowest BCUT2D eigenvalue weighted by molar-refractivity contribution is -0.117. The number of hydrogen-bond acceptors (Lipinski definition) is 4. The number of thioether (sulfide) groups is 1. The number of nitrogens with zero attached hydrogens (tertiary/aromatic N) is 3. The Hall–Kier alpha value is -1.53. The average Bonchev–Trinajstić information content (AvgIpc) is 3.26. The Morgan fingerprint density at radius 2 is 2.23 bits per heavy atom. The van der Waals surface area contributed by atoms with Gasteiger partial charge in [-0.25, -0.2) is 0 Å². The molecule has 0 bridgehead atoms. The largest absolute Gasteiger partial charge is 0.315 e. The maximum atomic E-state index is 11.7. The summed E-state index contributed by atoms with van der Waals surface area (Å²) in [6, 6.07) is 6.65. The van der Waals surface area contributed by atoms with Gasteiger partial charge >= 0.3 is 0 Å². The lowest BCUT2D eigenvalue weighted by atomic mass is 10.1. The van der Waals surface area contributed by atoms with E-state index in [1.807, 2.05) is 19.2 Å². The smallest absolute Gasteiger partial charge is 0.231 e. The van der Waals surface area contributed by atoms with Crippen LogP contribution >= 0.6 is 24.2 Å². The van der Waals surface area contributed by atoms with Gasteiger partial charge in [0.1, 0.15) is 0 Å². The highest BCUT2D eigenvalue weighted by Gasteiger charge is 2.25. The van der Waals surface area contributed by atoms with Crippen molar-refractivity contribution >= 4 is 46.6 Å². The van der Waals surface area contributed by atoms with Gasteiger partial charge in [-0.1, -0.05) is 17.8 Å². The number of anilines is 1. The summed E-state index contributed by atoms with van der Waals surface area (Å²) in [5.41, 5.74) is 7.25. The number of amidine groups is 1. The van der Waals surface area contributed by atoms with E-state index in [0.29, 0.717) is 12.5 Å². The number of hydrazone groups is 1. The number of halogens is 1. The normalized spacial score (nSPS) is 22.0. The maximum Gasteiger partial charge on any atom is 0.231 e. The first-order valence-electron chi connectivity index (χ1n) is 7.14. The molecular formula is C15H17ClN4OS. The maximum absolute atomic E-state index is 11.7. The van der Waals surface area contributed by atoms with Crippen LogP contribution in [-0.2, 0) is 11.2 Å². The van der Waals surface area contributed by atoms with Crippen LogP contribution in [0.15, 0.2) is 28.3 Å². The van der Waals surface area contributed by atoms with E-state index < -0.39 is 0 Å². The number of rotatable bonds is 2. The Morgan fingerprint density at radius 3 is 2.91 bits per heavy atom. The number of fused-ring (bicyclic) bond motifs is 1. The average molecular weight is 337 g/mol. The lowest BCUT2D eigenvalue weighted by Gasteiger charge is -2.16. The highest BCUT2D eigenvalue weighted by atomic mass is 35.5. The summed E-state index contributed by atoms with van der Waals surface area (Å²) in [4.78, 5) is 18.0. The number of nitrogens with one attached hydrogen (secondary N) is 1. The van der Waals surface area contributed by atoms with Crippen molar-refractivity contribution in [1.82, 2.24) is 5.43 Å². The first kappa shape index (κ1) is 15.4. The monoisotopic (exact) mass is 336 g/mol. The van der Waals surface area contributed by atoms with Crippen molar-refractivity contribution in [3.8, 4) is 0 Å². The molecule has 1 N–H and O–H groups in total. The van der Waals surface area contributed by atoms with Crippen molar-refractivity contribution in [2.24, 2.45) is 10.1 Å². The molecule has 116 valence electrons. The van der Waals surface area contributed by atoms with Gasteiger partial charge in [0, 0.05) is 18.5 Å². The molecule has 0 aromatic heterocycles. The van der Waals surface area contributed by atoms with E-state index in [1.54, 1.807) is 16.7 Å². The Morgan fingerprint density at radius 1 is 1.41 bits per heavy atom. The van der Waals surface area contributed by atoms with E-state index in [9.17, 15) is 4.79 Å². The summed E-state index contributed by atoms with van der Waals surface area (Å²) >= 11 is 1.70. The Balaban J connectivity index is 0.00000144. The highest BCUT2D eigenvalue weighted by molar-refractivity contribution is 8.14. The predicted molar refractivity (Wildman–Crippen MR) is 93.4 cm³/mol. The van der Waals surface area contributed by atoms with Crippen molar-refractivity contribution in [2.45, 2.75) is 25.3 Å². The molecule has 1 amide bonds. The zero-order valence-corrected chi connectivity index (χ0v) is 13.8. The zero-order valence-electron chi connectivity index (χ0n) is 12.2. The molecule has 1 aromatic rings. The van der Waals surface area contributed by atoms with E-state index in [0.717, 1.165) is 33.4 Å². The number of carbonyl (C=O) groups is 1. The Labute approximate surface area is 139 Å². The van der Waals surface area contributed by atoms with Gasteiger partial charge in [-0.2, -0.15) is 5.10 Å². The van der Waals surface area contributed by atoms with Gasteiger partial charge in [0.25, 0.3) is 0 Å². The van der Waals surface area contributed by atoms with Gasteiger partial charge in [0.2, 0.25) is 5.91 Å². The fourth-order valence-electron chi connectivity index (χ4n) is 2.55. The molecule has 1 fully saturated rings. The quantitative estimate of drug-likeness (QED) is 0.900. The lowest BCUT2D eigenvalue weighted by Crippen LogP contribution is -2.25. The minimum Gasteiger partial charge on any atom is -0.315 e. The molecule has 0 unspecified atom stereocenters. The molecule has 0 spiro atoms. The molecule has 1 aromatic carbocycles. The van der Waals surface area contributed by atoms with Gasteiger partial charge in [-0.05, 0) is 36.1 Å². The molecule has 3 aliphatic rings.